The van der Waals surface area contributed by atoms with Crippen molar-refractivity contribution in [3.8, 4) is 5.75 Å². The molecular formula is C10H13O4P. The average Bonchev–Trinajstić information content (AvgIpc) is 2.15. The van der Waals surface area contributed by atoms with Crippen LogP contribution in [0, 0.1) is 0 Å². The predicted molar refractivity (Wildman–Crippen MR) is 59.0 cm³/mol. The van der Waals surface area contributed by atoms with Crippen LogP contribution in [-0.2, 0) is 4.57 Å². The summed E-state index contributed by atoms with van der Waals surface area (Å²) in [5, 5.41) is 9.38. The summed E-state index contributed by atoms with van der Waals surface area (Å²) in [7, 11) is -1.15. The van der Waals surface area contributed by atoms with Gasteiger partial charge in [-0.25, -0.2) is 4.79 Å². The lowest BCUT2D eigenvalue weighted by Crippen LogP contribution is -2.12. The van der Waals surface area contributed by atoms with Crippen LogP contribution >= 0.6 is 7.14 Å². The molecule has 0 spiro atoms. The number of methoxy groups -OCH3 is 1. The molecule has 0 amide bonds. The summed E-state index contributed by atoms with van der Waals surface area (Å²) in [6.07, 6.45) is 0. The Kier molecular flexibility index (Phi) is 3.20. The fraction of sp³-hybridized carbons (Fsp3) is 0.300. The highest BCUT2D eigenvalue weighted by Crippen LogP contribution is 2.39. The van der Waals surface area contributed by atoms with Crippen LogP contribution in [0.1, 0.15) is 10.4 Å². The molecule has 15 heavy (non-hydrogen) atoms. The van der Waals surface area contributed by atoms with Gasteiger partial charge in [0.25, 0.3) is 0 Å². The van der Waals surface area contributed by atoms with Gasteiger partial charge in [-0.15, -0.1) is 0 Å². The number of aromatic carboxylic acids is 1. The smallest absolute Gasteiger partial charge is 0.339 e. The maximum atomic E-state index is 11.9. The van der Waals surface area contributed by atoms with E-state index in [-0.39, 0.29) is 11.3 Å². The van der Waals surface area contributed by atoms with E-state index in [1.807, 2.05) is 0 Å². The number of carbonyl (C=O) groups is 1. The van der Waals surface area contributed by atoms with Crippen molar-refractivity contribution in [3.05, 3.63) is 23.8 Å². The molecule has 0 fully saturated rings. The fourth-order valence-corrected chi connectivity index (χ4v) is 2.48. The lowest BCUT2D eigenvalue weighted by atomic mass is 10.2. The van der Waals surface area contributed by atoms with E-state index in [1.165, 1.54) is 13.2 Å². The predicted octanol–water partition coefficient (Wildman–Crippen LogP) is 1.64. The first-order valence-electron chi connectivity index (χ1n) is 4.33. The van der Waals surface area contributed by atoms with Crippen LogP contribution in [-0.4, -0.2) is 31.5 Å². The molecule has 0 saturated heterocycles. The van der Waals surface area contributed by atoms with E-state index in [9.17, 15) is 9.36 Å². The Morgan fingerprint density at radius 3 is 2.40 bits per heavy atom. The maximum absolute atomic E-state index is 11.9. The molecule has 1 N–H and O–H groups in total. The second-order valence-electron chi connectivity index (χ2n) is 3.51. The highest BCUT2D eigenvalue weighted by atomic mass is 31.2. The number of hydrogen-bond donors (Lipinski definition) is 1. The number of carboxylic acid groups (broad SMARTS) is 1. The van der Waals surface area contributed by atoms with Gasteiger partial charge in [0, 0.05) is 0 Å². The van der Waals surface area contributed by atoms with Crippen molar-refractivity contribution in [1.29, 1.82) is 0 Å². The molecule has 82 valence electrons. The molecule has 5 heteroatoms. The van der Waals surface area contributed by atoms with E-state index in [0.29, 0.717) is 5.30 Å². The average molecular weight is 228 g/mol. The highest BCUT2D eigenvalue weighted by molar-refractivity contribution is 7.70. The summed E-state index contributed by atoms with van der Waals surface area (Å²) in [5.74, 6) is -0.888. The number of hydrogen-bond acceptors (Lipinski definition) is 3. The van der Waals surface area contributed by atoms with Crippen molar-refractivity contribution in [1.82, 2.24) is 0 Å². The minimum Gasteiger partial charge on any atom is -0.495 e. The maximum Gasteiger partial charge on any atom is 0.339 e. The number of benzene rings is 1. The number of rotatable bonds is 3. The Morgan fingerprint density at radius 1 is 1.40 bits per heavy atom. The van der Waals surface area contributed by atoms with Gasteiger partial charge in [0.2, 0.25) is 0 Å². The normalized spacial score (nSPS) is 11.1. The van der Waals surface area contributed by atoms with E-state index in [1.54, 1.807) is 25.5 Å². The second kappa shape index (κ2) is 4.07. The van der Waals surface area contributed by atoms with Gasteiger partial charge < -0.3 is 14.4 Å². The quantitative estimate of drug-likeness (QED) is 0.799. The summed E-state index contributed by atoms with van der Waals surface area (Å²) >= 11 is 0. The zero-order chi connectivity index (χ0) is 11.6. The van der Waals surface area contributed by atoms with E-state index in [2.05, 4.69) is 0 Å². The molecule has 0 heterocycles. The molecule has 1 rings (SSSR count). The van der Waals surface area contributed by atoms with Gasteiger partial charge in [0.05, 0.1) is 12.4 Å². The molecule has 0 bridgehead atoms. The zero-order valence-corrected chi connectivity index (χ0v) is 9.75. The SMILES string of the molecule is COc1c(C(=O)O)cccc1P(C)(C)=O. The minimum absolute atomic E-state index is 0.0407. The van der Waals surface area contributed by atoms with Gasteiger partial charge in [-0.05, 0) is 25.5 Å². The first-order chi connectivity index (χ1) is 6.88. The lowest BCUT2D eigenvalue weighted by molar-refractivity contribution is 0.0693. The standard InChI is InChI=1S/C10H13O4P/c1-14-9-7(10(11)12)5-4-6-8(9)15(2,3)13/h4-6H,1-3H3,(H,11,12). The third-order valence-corrected chi connectivity index (χ3v) is 3.52. The molecule has 0 atom stereocenters. The first kappa shape index (κ1) is 11.8. The Balaban J connectivity index is 3.49. The van der Waals surface area contributed by atoms with Crippen molar-refractivity contribution in [2.24, 2.45) is 0 Å². The van der Waals surface area contributed by atoms with Gasteiger partial charge in [-0.3, -0.25) is 0 Å². The molecule has 0 aliphatic heterocycles. The monoisotopic (exact) mass is 228 g/mol. The van der Waals surface area contributed by atoms with Gasteiger partial charge in [-0.2, -0.15) is 0 Å². The summed E-state index contributed by atoms with van der Waals surface area (Å²) in [4.78, 5) is 10.9. The summed E-state index contributed by atoms with van der Waals surface area (Å²) < 4.78 is 16.9. The van der Waals surface area contributed by atoms with Crippen LogP contribution in [0.2, 0.25) is 0 Å². The molecule has 1 aromatic rings. The summed E-state index contributed by atoms with van der Waals surface area (Å²) in [6, 6.07) is 4.63. The molecule has 0 radical (unpaired) electrons. The summed E-state index contributed by atoms with van der Waals surface area (Å²) in [6.45, 7) is 3.16. The van der Waals surface area contributed by atoms with Crippen LogP contribution < -0.4 is 10.0 Å². The number of carboxylic acids is 1. The Morgan fingerprint density at radius 2 is 2.00 bits per heavy atom. The van der Waals surface area contributed by atoms with Crippen LogP contribution in [0.15, 0.2) is 18.2 Å². The van der Waals surface area contributed by atoms with E-state index >= 15 is 0 Å². The molecule has 0 aliphatic rings. The number of ether oxygens (including phenoxy) is 1. The Hall–Kier alpha value is -1.28. The van der Waals surface area contributed by atoms with Crippen molar-refractivity contribution >= 4 is 18.4 Å². The number of para-hydroxylation sites is 1. The molecule has 4 nitrogen and oxygen atoms in total. The molecule has 0 unspecified atom stereocenters. The van der Waals surface area contributed by atoms with Gasteiger partial charge >= 0.3 is 5.97 Å². The second-order valence-corrected chi connectivity index (χ2v) is 6.70. The first-order valence-corrected chi connectivity index (χ1v) is 6.94. The minimum atomic E-state index is -2.53. The molecule has 1 aromatic carbocycles. The van der Waals surface area contributed by atoms with Crippen LogP contribution in [0.25, 0.3) is 0 Å². The Labute approximate surface area is 88.3 Å². The highest BCUT2D eigenvalue weighted by Gasteiger charge is 2.21. The summed E-state index contributed by atoms with van der Waals surface area (Å²) in [5.41, 5.74) is 0.0407. The van der Waals surface area contributed by atoms with Crippen LogP contribution in [0.3, 0.4) is 0 Å². The largest absolute Gasteiger partial charge is 0.495 e. The van der Waals surface area contributed by atoms with Crippen molar-refractivity contribution in [3.63, 3.8) is 0 Å². The molecule has 0 aromatic heterocycles. The van der Waals surface area contributed by atoms with Crippen molar-refractivity contribution in [2.45, 2.75) is 0 Å². The molecule has 0 aliphatic carbocycles. The van der Waals surface area contributed by atoms with Gasteiger partial charge in [0.1, 0.15) is 18.5 Å². The third-order valence-electron chi connectivity index (χ3n) is 2.01. The topological polar surface area (TPSA) is 63.6 Å². The fourth-order valence-electron chi connectivity index (χ4n) is 1.33. The van der Waals surface area contributed by atoms with E-state index in [4.69, 9.17) is 9.84 Å². The molecular weight excluding hydrogens is 215 g/mol. The molecule has 0 saturated carbocycles. The van der Waals surface area contributed by atoms with Crippen LogP contribution in [0.4, 0.5) is 0 Å². The van der Waals surface area contributed by atoms with Gasteiger partial charge in [-0.1, -0.05) is 6.07 Å². The van der Waals surface area contributed by atoms with Crippen LogP contribution in [0.5, 0.6) is 5.75 Å². The van der Waals surface area contributed by atoms with E-state index < -0.39 is 13.1 Å². The Bertz CT molecular complexity index is 433. The van der Waals surface area contributed by atoms with Crippen molar-refractivity contribution in [2.75, 3.05) is 20.4 Å². The lowest BCUT2D eigenvalue weighted by Gasteiger charge is -2.14. The zero-order valence-electron chi connectivity index (χ0n) is 8.85. The van der Waals surface area contributed by atoms with Crippen molar-refractivity contribution < 1.29 is 19.2 Å². The third kappa shape index (κ3) is 2.39. The van der Waals surface area contributed by atoms with Gasteiger partial charge in [0.15, 0.2) is 0 Å². The van der Waals surface area contributed by atoms with E-state index in [0.717, 1.165) is 0 Å².